The van der Waals surface area contributed by atoms with E-state index in [2.05, 4.69) is 35.2 Å². The van der Waals surface area contributed by atoms with Crippen molar-refractivity contribution in [2.45, 2.75) is 32.3 Å². The van der Waals surface area contributed by atoms with Crippen molar-refractivity contribution in [2.24, 2.45) is 5.92 Å². The molecule has 0 bridgehead atoms. The van der Waals surface area contributed by atoms with Crippen molar-refractivity contribution in [1.82, 2.24) is 15.2 Å². The molecule has 1 fully saturated rings. The number of hydrogen-bond acceptors (Lipinski definition) is 3. The van der Waals surface area contributed by atoms with Crippen LogP contribution in [-0.4, -0.2) is 55.2 Å². The average molecular weight is 341 g/mol. The highest BCUT2D eigenvalue weighted by molar-refractivity contribution is 6.06. The second-order valence-corrected chi connectivity index (χ2v) is 7.62. The molecule has 1 aliphatic carbocycles. The molecule has 0 saturated carbocycles. The van der Waals surface area contributed by atoms with E-state index in [0.717, 1.165) is 43.6 Å². The number of nitrogens with one attached hydrogen (secondary N) is 2. The van der Waals surface area contributed by atoms with Crippen molar-refractivity contribution in [2.75, 3.05) is 33.3 Å². The topological polar surface area (TPSA) is 57.4 Å². The van der Waals surface area contributed by atoms with Gasteiger partial charge in [0, 0.05) is 30.7 Å². The van der Waals surface area contributed by atoms with Gasteiger partial charge in [0.1, 0.15) is 0 Å². The molecular weight excluding hydrogens is 314 g/mol. The Bertz CT molecular complexity index is 783. The Morgan fingerprint density at radius 2 is 2.32 bits per heavy atom. The fourth-order valence-corrected chi connectivity index (χ4v) is 4.10. The van der Waals surface area contributed by atoms with Gasteiger partial charge in [-0.05, 0) is 43.9 Å². The molecule has 2 heterocycles. The Kier molecular flexibility index (Phi) is 4.52. The van der Waals surface area contributed by atoms with E-state index < -0.39 is 0 Å². The molecule has 0 radical (unpaired) electrons. The van der Waals surface area contributed by atoms with Gasteiger partial charge in [-0.15, -0.1) is 0 Å². The van der Waals surface area contributed by atoms with Crippen LogP contribution in [0.1, 0.15) is 35.0 Å². The van der Waals surface area contributed by atoms with Crippen molar-refractivity contribution in [1.29, 1.82) is 0 Å². The van der Waals surface area contributed by atoms with Crippen LogP contribution in [0, 0.1) is 5.92 Å². The molecule has 25 heavy (non-hydrogen) atoms. The van der Waals surface area contributed by atoms with Gasteiger partial charge in [-0.1, -0.05) is 19.1 Å². The smallest absolute Gasteiger partial charge is 0.253 e. The second kappa shape index (κ2) is 6.81. The van der Waals surface area contributed by atoms with Crippen LogP contribution in [0.5, 0.6) is 0 Å². The number of morpholine rings is 1. The summed E-state index contributed by atoms with van der Waals surface area (Å²) < 4.78 is 5.74. The Hall–Kier alpha value is -1.85. The van der Waals surface area contributed by atoms with Crippen LogP contribution in [0.2, 0.25) is 0 Å². The van der Waals surface area contributed by atoms with Crippen molar-refractivity contribution in [3.8, 4) is 0 Å². The van der Waals surface area contributed by atoms with E-state index in [9.17, 15) is 4.79 Å². The summed E-state index contributed by atoms with van der Waals surface area (Å²) in [4.78, 5) is 18.5. The standard InChI is InChI=1S/C20H27N3O2/c1-13-6-7-18-17(10-13)15-4-3-5-16(19(15)22-18)20(24)21-11-14-12-23(2)8-9-25-14/h3-5,13-14,22H,6-12H2,1-2H3,(H,21,24)/t13-,14+/m0/s1. The van der Waals surface area contributed by atoms with E-state index in [-0.39, 0.29) is 12.0 Å². The summed E-state index contributed by atoms with van der Waals surface area (Å²) in [6, 6.07) is 6.05. The summed E-state index contributed by atoms with van der Waals surface area (Å²) in [5.74, 6) is 0.693. The number of rotatable bonds is 3. The summed E-state index contributed by atoms with van der Waals surface area (Å²) in [5, 5.41) is 4.27. The van der Waals surface area contributed by atoms with Gasteiger partial charge >= 0.3 is 0 Å². The average Bonchev–Trinajstić information content (AvgIpc) is 2.97. The van der Waals surface area contributed by atoms with Crippen LogP contribution in [-0.2, 0) is 17.6 Å². The quantitative estimate of drug-likeness (QED) is 0.901. The summed E-state index contributed by atoms with van der Waals surface area (Å²) >= 11 is 0. The van der Waals surface area contributed by atoms with Gasteiger partial charge in [-0.25, -0.2) is 0 Å². The predicted octanol–water partition coefficient (Wildman–Crippen LogP) is 2.35. The Balaban J connectivity index is 1.53. The van der Waals surface area contributed by atoms with Crippen molar-refractivity contribution >= 4 is 16.8 Å². The first-order valence-electron chi connectivity index (χ1n) is 9.32. The maximum Gasteiger partial charge on any atom is 0.253 e. The molecule has 1 aromatic heterocycles. The third-order valence-electron chi connectivity index (χ3n) is 5.55. The molecule has 5 heteroatoms. The van der Waals surface area contributed by atoms with Crippen molar-refractivity contribution < 1.29 is 9.53 Å². The van der Waals surface area contributed by atoms with Gasteiger partial charge in [0.15, 0.2) is 0 Å². The SMILES string of the molecule is C[C@H]1CCc2[nH]c3c(C(=O)NC[C@@H]4CN(C)CCO4)cccc3c2C1. The van der Waals surface area contributed by atoms with Crippen LogP contribution >= 0.6 is 0 Å². The highest BCUT2D eigenvalue weighted by Gasteiger charge is 2.23. The number of aromatic amines is 1. The molecule has 2 aliphatic rings. The molecule has 0 spiro atoms. The van der Waals surface area contributed by atoms with E-state index in [1.807, 2.05) is 12.1 Å². The summed E-state index contributed by atoms with van der Waals surface area (Å²) in [7, 11) is 2.09. The number of carbonyl (C=O) groups excluding carboxylic acids is 1. The van der Waals surface area contributed by atoms with Gasteiger partial charge in [0.05, 0.1) is 23.8 Å². The number of nitrogens with zero attached hydrogens (tertiary/aromatic N) is 1. The molecule has 0 unspecified atom stereocenters. The van der Waals surface area contributed by atoms with Gasteiger partial charge in [0.25, 0.3) is 5.91 Å². The first kappa shape index (κ1) is 16.6. The van der Waals surface area contributed by atoms with E-state index >= 15 is 0 Å². The molecule has 1 aliphatic heterocycles. The number of carbonyl (C=O) groups is 1. The first-order valence-corrected chi connectivity index (χ1v) is 9.32. The zero-order valence-electron chi connectivity index (χ0n) is 15.1. The van der Waals surface area contributed by atoms with Crippen molar-refractivity contribution in [3.63, 3.8) is 0 Å². The normalized spacial score (nSPS) is 24.2. The number of likely N-dealkylation sites (N-methyl/N-ethyl adjacent to an activating group) is 1. The number of fused-ring (bicyclic) bond motifs is 3. The van der Waals surface area contributed by atoms with Crippen LogP contribution in [0.15, 0.2) is 18.2 Å². The van der Waals surface area contributed by atoms with Gasteiger partial charge in [-0.3, -0.25) is 4.79 Å². The third kappa shape index (κ3) is 3.31. The lowest BCUT2D eigenvalue weighted by atomic mass is 9.87. The Labute approximate surface area is 148 Å². The fraction of sp³-hybridized carbons (Fsp3) is 0.550. The molecule has 1 amide bonds. The summed E-state index contributed by atoms with van der Waals surface area (Å²) in [5.41, 5.74) is 4.44. The van der Waals surface area contributed by atoms with E-state index in [4.69, 9.17) is 4.74 Å². The lowest BCUT2D eigenvalue weighted by Gasteiger charge is -2.30. The molecule has 134 valence electrons. The monoisotopic (exact) mass is 341 g/mol. The highest BCUT2D eigenvalue weighted by atomic mass is 16.5. The Morgan fingerprint density at radius 3 is 3.16 bits per heavy atom. The molecule has 2 atom stereocenters. The number of aryl methyl sites for hydroxylation is 1. The molecule has 5 nitrogen and oxygen atoms in total. The molecule has 2 aromatic rings. The fourth-order valence-electron chi connectivity index (χ4n) is 4.10. The maximum atomic E-state index is 12.8. The van der Waals surface area contributed by atoms with E-state index in [1.165, 1.54) is 23.1 Å². The van der Waals surface area contributed by atoms with Crippen molar-refractivity contribution in [3.05, 3.63) is 35.0 Å². The number of aromatic nitrogens is 1. The van der Waals surface area contributed by atoms with Gasteiger partial charge < -0.3 is 19.9 Å². The first-order chi connectivity index (χ1) is 12.1. The molecule has 1 aromatic carbocycles. The van der Waals surface area contributed by atoms with E-state index in [0.29, 0.717) is 12.5 Å². The summed E-state index contributed by atoms with van der Waals surface area (Å²) in [6.07, 6.45) is 3.46. The number of H-pyrrole nitrogens is 1. The molecule has 4 rings (SSSR count). The number of para-hydroxylation sites is 1. The lowest BCUT2D eigenvalue weighted by molar-refractivity contribution is -0.0174. The minimum Gasteiger partial charge on any atom is -0.374 e. The van der Waals surface area contributed by atoms with Crippen LogP contribution in [0.4, 0.5) is 0 Å². The number of hydrogen-bond donors (Lipinski definition) is 2. The molecule has 2 N–H and O–H groups in total. The highest BCUT2D eigenvalue weighted by Crippen LogP contribution is 2.32. The zero-order valence-corrected chi connectivity index (χ0v) is 15.1. The van der Waals surface area contributed by atoms with E-state index in [1.54, 1.807) is 0 Å². The third-order valence-corrected chi connectivity index (χ3v) is 5.55. The van der Waals surface area contributed by atoms with Crippen LogP contribution < -0.4 is 5.32 Å². The zero-order chi connectivity index (χ0) is 17.4. The largest absolute Gasteiger partial charge is 0.374 e. The lowest BCUT2D eigenvalue weighted by Crippen LogP contribution is -2.45. The van der Waals surface area contributed by atoms with Crippen LogP contribution in [0.25, 0.3) is 10.9 Å². The number of ether oxygens (including phenoxy) is 1. The predicted molar refractivity (Wildman–Crippen MR) is 99.1 cm³/mol. The van der Waals surface area contributed by atoms with Gasteiger partial charge in [-0.2, -0.15) is 0 Å². The molecular formula is C20H27N3O2. The summed E-state index contributed by atoms with van der Waals surface area (Å²) in [6.45, 7) is 5.40. The minimum atomic E-state index is -0.0194. The minimum absolute atomic E-state index is 0.0194. The maximum absolute atomic E-state index is 12.8. The second-order valence-electron chi connectivity index (χ2n) is 7.62. The van der Waals surface area contributed by atoms with Crippen LogP contribution in [0.3, 0.4) is 0 Å². The number of amides is 1. The molecule has 1 saturated heterocycles. The Morgan fingerprint density at radius 1 is 1.44 bits per heavy atom. The van der Waals surface area contributed by atoms with Gasteiger partial charge in [0.2, 0.25) is 0 Å². The number of benzene rings is 1.